The number of hydrogen-bond acceptors (Lipinski definition) is 4. The van der Waals surface area contributed by atoms with Crippen LogP contribution in [0.25, 0.3) is 0 Å². The van der Waals surface area contributed by atoms with E-state index in [-0.39, 0.29) is 23.4 Å². The SMILES string of the molecule is CCC(F)(F)c1cccc(NC(=O)/C(=N\O)C(C)=N)c1. The predicted molar refractivity (Wildman–Crippen MR) is 71.9 cm³/mol. The Kier molecular flexibility index (Phi) is 4.90. The van der Waals surface area contributed by atoms with E-state index in [1.807, 2.05) is 0 Å². The predicted octanol–water partition coefficient (Wildman–Crippen LogP) is 3.00. The molecule has 0 aliphatic heterocycles. The molecule has 0 atom stereocenters. The largest absolute Gasteiger partial charge is 0.410 e. The van der Waals surface area contributed by atoms with E-state index in [1.54, 1.807) is 0 Å². The van der Waals surface area contributed by atoms with E-state index in [1.165, 1.54) is 32.0 Å². The smallest absolute Gasteiger partial charge is 0.279 e. The van der Waals surface area contributed by atoms with Crippen molar-refractivity contribution in [3.63, 3.8) is 0 Å². The van der Waals surface area contributed by atoms with Crippen molar-refractivity contribution in [2.45, 2.75) is 26.2 Å². The maximum absolute atomic E-state index is 13.5. The fourth-order valence-corrected chi connectivity index (χ4v) is 1.51. The lowest BCUT2D eigenvalue weighted by Crippen LogP contribution is -2.28. The molecule has 5 nitrogen and oxygen atoms in total. The van der Waals surface area contributed by atoms with Crippen LogP contribution in [-0.2, 0) is 10.7 Å². The molecule has 0 fully saturated rings. The highest BCUT2D eigenvalue weighted by Gasteiger charge is 2.29. The standard InChI is InChI=1S/C13H15F2N3O2/c1-3-13(14,15)9-5-4-6-10(7-9)17-12(19)11(18-20)8(2)16/h4-7,16,20H,3H2,1-2H3,(H,17,19)/b16-8?,18-11-. The molecule has 1 aromatic carbocycles. The number of alkyl halides is 2. The van der Waals surface area contributed by atoms with E-state index >= 15 is 0 Å². The molecular formula is C13H15F2N3O2. The Morgan fingerprint density at radius 2 is 2.15 bits per heavy atom. The fourth-order valence-electron chi connectivity index (χ4n) is 1.51. The van der Waals surface area contributed by atoms with Crippen molar-refractivity contribution in [3.05, 3.63) is 29.8 Å². The van der Waals surface area contributed by atoms with Crippen molar-refractivity contribution in [1.29, 1.82) is 5.41 Å². The molecule has 20 heavy (non-hydrogen) atoms. The number of nitrogens with zero attached hydrogens (tertiary/aromatic N) is 1. The zero-order chi connectivity index (χ0) is 15.3. The van der Waals surface area contributed by atoms with Crippen molar-refractivity contribution >= 4 is 23.0 Å². The molecule has 1 aromatic rings. The topological polar surface area (TPSA) is 85.5 Å². The number of hydrogen-bond donors (Lipinski definition) is 3. The zero-order valence-corrected chi connectivity index (χ0v) is 11.1. The second kappa shape index (κ2) is 6.23. The van der Waals surface area contributed by atoms with E-state index < -0.39 is 17.5 Å². The molecular weight excluding hydrogens is 268 g/mol. The minimum absolute atomic E-state index is 0.142. The summed E-state index contributed by atoms with van der Waals surface area (Å²) in [7, 11) is 0. The van der Waals surface area contributed by atoms with Gasteiger partial charge >= 0.3 is 0 Å². The number of nitrogens with one attached hydrogen (secondary N) is 2. The summed E-state index contributed by atoms with van der Waals surface area (Å²) < 4.78 is 27.1. The van der Waals surface area contributed by atoms with Crippen LogP contribution in [-0.4, -0.2) is 22.5 Å². The van der Waals surface area contributed by atoms with Gasteiger partial charge in [0.2, 0.25) is 0 Å². The Bertz CT molecular complexity index is 556. The quantitative estimate of drug-likeness (QED) is 0.441. The summed E-state index contributed by atoms with van der Waals surface area (Å²) in [6, 6.07) is 5.24. The molecule has 0 spiro atoms. The summed E-state index contributed by atoms with van der Waals surface area (Å²) in [5.74, 6) is -3.82. The van der Waals surface area contributed by atoms with Crippen molar-refractivity contribution < 1.29 is 18.8 Å². The summed E-state index contributed by atoms with van der Waals surface area (Å²) in [6.07, 6.45) is -0.354. The van der Waals surface area contributed by atoms with Gasteiger partial charge in [-0.25, -0.2) is 8.78 Å². The average Bonchev–Trinajstić information content (AvgIpc) is 2.39. The lowest BCUT2D eigenvalue weighted by molar-refractivity contribution is -0.110. The van der Waals surface area contributed by atoms with E-state index in [4.69, 9.17) is 10.6 Å². The van der Waals surface area contributed by atoms with Gasteiger partial charge in [-0.2, -0.15) is 0 Å². The molecule has 1 amide bonds. The number of rotatable bonds is 5. The van der Waals surface area contributed by atoms with Crippen LogP contribution in [0.4, 0.5) is 14.5 Å². The van der Waals surface area contributed by atoms with E-state index in [0.717, 1.165) is 6.07 Å². The van der Waals surface area contributed by atoms with Gasteiger partial charge in [-0.3, -0.25) is 4.79 Å². The van der Waals surface area contributed by atoms with Crippen LogP contribution in [0.2, 0.25) is 0 Å². The van der Waals surface area contributed by atoms with Gasteiger partial charge in [-0.1, -0.05) is 24.2 Å². The number of amides is 1. The number of anilines is 1. The fraction of sp³-hybridized carbons (Fsp3) is 0.308. The van der Waals surface area contributed by atoms with Crippen LogP contribution in [0.3, 0.4) is 0 Å². The number of carbonyl (C=O) groups is 1. The van der Waals surface area contributed by atoms with Crippen molar-refractivity contribution in [3.8, 4) is 0 Å². The Hall–Kier alpha value is -2.31. The molecule has 0 heterocycles. The minimum atomic E-state index is -2.98. The Balaban J connectivity index is 2.98. The van der Waals surface area contributed by atoms with E-state index in [9.17, 15) is 13.6 Å². The molecule has 0 saturated carbocycles. The maximum Gasteiger partial charge on any atom is 0.279 e. The Morgan fingerprint density at radius 1 is 1.50 bits per heavy atom. The van der Waals surface area contributed by atoms with Gasteiger partial charge in [-0.15, -0.1) is 0 Å². The molecule has 0 radical (unpaired) electrons. The maximum atomic E-state index is 13.5. The second-order valence-corrected chi connectivity index (χ2v) is 4.17. The van der Waals surface area contributed by atoms with E-state index in [0.29, 0.717) is 0 Å². The van der Waals surface area contributed by atoms with Crippen LogP contribution in [0.5, 0.6) is 0 Å². The summed E-state index contributed by atoms with van der Waals surface area (Å²) in [6.45, 7) is 2.64. The van der Waals surface area contributed by atoms with Crippen molar-refractivity contribution in [1.82, 2.24) is 0 Å². The first kappa shape index (κ1) is 15.7. The number of oxime groups is 1. The highest BCUT2D eigenvalue weighted by Crippen LogP contribution is 2.32. The molecule has 3 N–H and O–H groups in total. The Labute approximate surface area is 114 Å². The molecule has 0 unspecified atom stereocenters. The Morgan fingerprint density at radius 3 is 2.65 bits per heavy atom. The van der Waals surface area contributed by atoms with Gasteiger partial charge in [0.1, 0.15) is 0 Å². The lowest BCUT2D eigenvalue weighted by atomic mass is 10.1. The van der Waals surface area contributed by atoms with Crippen LogP contribution >= 0.6 is 0 Å². The van der Waals surface area contributed by atoms with Gasteiger partial charge in [0.05, 0.1) is 5.71 Å². The van der Waals surface area contributed by atoms with Gasteiger partial charge < -0.3 is 15.9 Å². The van der Waals surface area contributed by atoms with Crippen molar-refractivity contribution in [2.75, 3.05) is 5.32 Å². The van der Waals surface area contributed by atoms with E-state index in [2.05, 4.69) is 10.5 Å². The van der Waals surface area contributed by atoms with Crippen LogP contribution in [0.1, 0.15) is 25.8 Å². The summed E-state index contributed by atoms with van der Waals surface area (Å²) in [5.41, 5.74) is -0.785. The molecule has 108 valence electrons. The first-order chi connectivity index (χ1) is 9.31. The molecule has 0 saturated heterocycles. The third-order valence-corrected chi connectivity index (χ3v) is 2.66. The number of carbonyl (C=O) groups excluding carboxylic acids is 1. The minimum Gasteiger partial charge on any atom is -0.410 e. The molecule has 0 aliphatic rings. The van der Waals surface area contributed by atoms with Gasteiger partial charge in [0.15, 0.2) is 5.71 Å². The van der Waals surface area contributed by atoms with Crippen molar-refractivity contribution in [2.24, 2.45) is 5.16 Å². The third kappa shape index (κ3) is 3.59. The molecule has 7 heteroatoms. The summed E-state index contributed by atoms with van der Waals surface area (Å²) in [4.78, 5) is 11.7. The number of benzene rings is 1. The van der Waals surface area contributed by atoms with Gasteiger partial charge in [-0.05, 0) is 19.1 Å². The average molecular weight is 283 g/mol. The highest BCUT2D eigenvalue weighted by atomic mass is 19.3. The molecule has 0 bridgehead atoms. The van der Waals surface area contributed by atoms with Gasteiger partial charge in [0.25, 0.3) is 11.8 Å². The molecule has 1 rings (SSSR count). The third-order valence-electron chi connectivity index (χ3n) is 2.66. The van der Waals surface area contributed by atoms with Crippen LogP contribution in [0.15, 0.2) is 29.4 Å². The monoisotopic (exact) mass is 283 g/mol. The molecule has 0 aliphatic carbocycles. The highest BCUT2D eigenvalue weighted by molar-refractivity contribution is 6.67. The lowest BCUT2D eigenvalue weighted by Gasteiger charge is -2.15. The zero-order valence-electron chi connectivity index (χ0n) is 11.1. The normalized spacial score (nSPS) is 12.1. The number of halogens is 2. The molecule has 0 aromatic heterocycles. The van der Waals surface area contributed by atoms with Crippen LogP contribution in [0, 0.1) is 5.41 Å². The van der Waals surface area contributed by atoms with Crippen LogP contribution < -0.4 is 5.32 Å². The summed E-state index contributed by atoms with van der Waals surface area (Å²) >= 11 is 0. The first-order valence-electron chi connectivity index (χ1n) is 5.89. The van der Waals surface area contributed by atoms with Gasteiger partial charge in [0, 0.05) is 17.7 Å². The summed E-state index contributed by atoms with van der Waals surface area (Å²) in [5, 5.41) is 20.9. The second-order valence-electron chi connectivity index (χ2n) is 4.17. The first-order valence-corrected chi connectivity index (χ1v) is 5.89.